The molecule has 1 aliphatic rings. The summed E-state index contributed by atoms with van der Waals surface area (Å²) in [6.45, 7) is 6.57. The zero-order valence-electron chi connectivity index (χ0n) is 13.4. The summed E-state index contributed by atoms with van der Waals surface area (Å²) in [6, 6.07) is 6.56. The highest BCUT2D eigenvalue weighted by atomic mass is 32.2. The molecule has 3 nitrogen and oxygen atoms in total. The Kier molecular flexibility index (Phi) is 5.33. The van der Waals surface area contributed by atoms with Crippen molar-refractivity contribution in [3.63, 3.8) is 0 Å². The number of nitrogens with one attached hydrogen (secondary N) is 1. The van der Waals surface area contributed by atoms with E-state index in [1.165, 1.54) is 16.0 Å². The molecule has 0 saturated heterocycles. The first-order valence-electron chi connectivity index (χ1n) is 7.61. The number of hydrogen-bond donors (Lipinski definition) is 1. The monoisotopic (exact) mass is 307 g/mol. The molecular weight excluding hydrogens is 282 g/mol. The van der Waals surface area contributed by atoms with Crippen LogP contribution in [0.25, 0.3) is 0 Å². The van der Waals surface area contributed by atoms with Crippen LogP contribution in [0.3, 0.4) is 0 Å². The van der Waals surface area contributed by atoms with Crippen LogP contribution in [0.1, 0.15) is 37.3 Å². The quantitative estimate of drug-likeness (QED) is 0.845. The fourth-order valence-corrected chi connectivity index (χ4v) is 4.35. The van der Waals surface area contributed by atoms with Crippen LogP contribution in [-0.4, -0.2) is 30.4 Å². The van der Waals surface area contributed by atoms with E-state index in [-0.39, 0.29) is 5.97 Å². The lowest BCUT2D eigenvalue weighted by Gasteiger charge is -2.26. The second kappa shape index (κ2) is 6.84. The molecule has 0 aliphatic heterocycles. The lowest BCUT2D eigenvalue weighted by atomic mass is 9.98. The van der Waals surface area contributed by atoms with Crippen molar-refractivity contribution in [3.05, 3.63) is 29.3 Å². The van der Waals surface area contributed by atoms with E-state index in [2.05, 4.69) is 37.4 Å². The van der Waals surface area contributed by atoms with Crippen molar-refractivity contribution in [2.45, 2.75) is 55.7 Å². The van der Waals surface area contributed by atoms with E-state index in [0.29, 0.717) is 11.9 Å². The number of thioether (sulfide) groups is 1. The number of carbonyl (C=O) groups is 1. The van der Waals surface area contributed by atoms with Crippen molar-refractivity contribution >= 4 is 17.7 Å². The van der Waals surface area contributed by atoms with Crippen molar-refractivity contribution in [1.82, 2.24) is 5.32 Å². The molecule has 1 N–H and O–H groups in total. The summed E-state index contributed by atoms with van der Waals surface area (Å²) in [6.07, 6.45) is 2.73. The Morgan fingerprint density at radius 1 is 1.48 bits per heavy atom. The number of ether oxygens (including phenoxy) is 1. The molecule has 0 spiro atoms. The fourth-order valence-electron chi connectivity index (χ4n) is 3.00. The number of esters is 1. The van der Waals surface area contributed by atoms with Crippen LogP contribution >= 0.6 is 11.8 Å². The van der Waals surface area contributed by atoms with Gasteiger partial charge in [0.15, 0.2) is 0 Å². The molecule has 116 valence electrons. The van der Waals surface area contributed by atoms with Crippen LogP contribution in [-0.2, 0) is 9.53 Å². The van der Waals surface area contributed by atoms with Gasteiger partial charge in [0.25, 0.3) is 0 Å². The van der Waals surface area contributed by atoms with Gasteiger partial charge in [0, 0.05) is 10.1 Å². The standard InChI is InChI=1S/C17H25NO2S/c1-5-20-16(19)17(18-4)9-8-14(11-17)21-15-7-6-12(2)10-13(15)3/h6-7,10,14,18H,5,8-9,11H2,1-4H3. The molecule has 1 aromatic rings. The third-order valence-corrected chi connectivity index (χ3v) is 5.69. The lowest BCUT2D eigenvalue weighted by molar-refractivity contribution is -0.150. The predicted octanol–water partition coefficient (Wildman–Crippen LogP) is 3.47. The van der Waals surface area contributed by atoms with Crippen molar-refractivity contribution < 1.29 is 9.53 Å². The van der Waals surface area contributed by atoms with Crippen molar-refractivity contribution in [1.29, 1.82) is 0 Å². The minimum Gasteiger partial charge on any atom is -0.465 e. The van der Waals surface area contributed by atoms with Crippen LogP contribution in [0.15, 0.2) is 23.1 Å². The van der Waals surface area contributed by atoms with Gasteiger partial charge in [0.1, 0.15) is 5.54 Å². The zero-order valence-corrected chi connectivity index (χ0v) is 14.2. The number of likely N-dealkylation sites (N-methyl/N-ethyl adjacent to an activating group) is 1. The topological polar surface area (TPSA) is 38.3 Å². The summed E-state index contributed by atoms with van der Waals surface area (Å²) >= 11 is 1.89. The van der Waals surface area contributed by atoms with E-state index in [9.17, 15) is 4.79 Å². The molecule has 0 heterocycles. The maximum atomic E-state index is 12.2. The first-order valence-corrected chi connectivity index (χ1v) is 8.49. The van der Waals surface area contributed by atoms with E-state index in [1.54, 1.807) is 0 Å². The summed E-state index contributed by atoms with van der Waals surface area (Å²) in [4.78, 5) is 13.5. The second-order valence-corrected chi connectivity index (χ2v) is 7.15. The maximum Gasteiger partial charge on any atom is 0.326 e. The highest BCUT2D eigenvalue weighted by Crippen LogP contribution is 2.41. The molecule has 4 heteroatoms. The Hall–Kier alpha value is -1.00. The molecule has 1 aromatic carbocycles. The van der Waals surface area contributed by atoms with E-state index in [0.717, 1.165) is 19.3 Å². The normalized spacial score (nSPS) is 25.0. The van der Waals surface area contributed by atoms with Crippen molar-refractivity contribution in [2.24, 2.45) is 0 Å². The smallest absolute Gasteiger partial charge is 0.326 e. The second-order valence-electron chi connectivity index (χ2n) is 5.80. The SMILES string of the molecule is CCOC(=O)C1(NC)CCC(Sc2ccc(C)cc2C)C1. The van der Waals surface area contributed by atoms with Crippen molar-refractivity contribution in [2.75, 3.05) is 13.7 Å². The number of benzene rings is 1. The molecule has 0 bridgehead atoms. The first kappa shape index (κ1) is 16.4. The van der Waals surface area contributed by atoms with E-state index < -0.39 is 5.54 Å². The largest absolute Gasteiger partial charge is 0.465 e. The molecule has 0 amide bonds. The Morgan fingerprint density at radius 3 is 2.86 bits per heavy atom. The highest BCUT2D eigenvalue weighted by molar-refractivity contribution is 8.00. The van der Waals surface area contributed by atoms with E-state index in [4.69, 9.17) is 4.74 Å². The van der Waals surface area contributed by atoms with Gasteiger partial charge < -0.3 is 10.1 Å². The van der Waals surface area contributed by atoms with Crippen LogP contribution in [0.2, 0.25) is 0 Å². The van der Waals surface area contributed by atoms with Gasteiger partial charge >= 0.3 is 5.97 Å². The van der Waals surface area contributed by atoms with Gasteiger partial charge in [-0.25, -0.2) is 0 Å². The Balaban J connectivity index is 2.06. The molecule has 2 rings (SSSR count). The van der Waals surface area contributed by atoms with E-state index in [1.807, 2.05) is 25.7 Å². The summed E-state index contributed by atoms with van der Waals surface area (Å²) < 4.78 is 5.25. The van der Waals surface area contributed by atoms with Gasteiger partial charge in [0.2, 0.25) is 0 Å². The van der Waals surface area contributed by atoms with Crippen LogP contribution in [0, 0.1) is 13.8 Å². The van der Waals surface area contributed by atoms with Gasteiger partial charge in [-0.3, -0.25) is 4.79 Å². The Morgan fingerprint density at radius 2 is 2.24 bits per heavy atom. The minimum atomic E-state index is -0.494. The molecule has 2 unspecified atom stereocenters. The number of rotatable bonds is 5. The predicted molar refractivity (Wildman–Crippen MR) is 87.8 cm³/mol. The molecule has 0 radical (unpaired) electrons. The van der Waals surface area contributed by atoms with Gasteiger partial charge in [-0.15, -0.1) is 11.8 Å². The molecule has 0 aromatic heterocycles. The molecule has 1 aliphatic carbocycles. The maximum absolute atomic E-state index is 12.2. The third-order valence-electron chi connectivity index (χ3n) is 4.24. The van der Waals surface area contributed by atoms with Crippen LogP contribution in [0.5, 0.6) is 0 Å². The summed E-state index contributed by atoms with van der Waals surface area (Å²) in [5, 5.41) is 3.67. The van der Waals surface area contributed by atoms with Gasteiger partial charge in [-0.1, -0.05) is 17.7 Å². The summed E-state index contributed by atoms with van der Waals surface area (Å²) in [5.41, 5.74) is 2.11. The highest BCUT2D eigenvalue weighted by Gasteiger charge is 2.45. The van der Waals surface area contributed by atoms with Gasteiger partial charge in [-0.2, -0.15) is 0 Å². The molecular formula is C17H25NO2S. The number of hydrogen-bond acceptors (Lipinski definition) is 4. The van der Waals surface area contributed by atoms with Gasteiger partial charge in [-0.05, 0) is 58.7 Å². The first-order chi connectivity index (χ1) is 10.0. The van der Waals surface area contributed by atoms with Crippen LogP contribution < -0.4 is 5.32 Å². The number of carbonyl (C=O) groups excluding carboxylic acids is 1. The minimum absolute atomic E-state index is 0.101. The van der Waals surface area contributed by atoms with E-state index >= 15 is 0 Å². The average Bonchev–Trinajstić information content (AvgIpc) is 2.87. The zero-order chi connectivity index (χ0) is 15.5. The third kappa shape index (κ3) is 3.61. The van der Waals surface area contributed by atoms with Crippen molar-refractivity contribution in [3.8, 4) is 0 Å². The van der Waals surface area contributed by atoms with Gasteiger partial charge in [0.05, 0.1) is 6.61 Å². The Labute approximate surface area is 131 Å². The molecule has 1 saturated carbocycles. The summed E-state index contributed by atoms with van der Waals surface area (Å²) in [7, 11) is 1.86. The Bertz CT molecular complexity index is 518. The average molecular weight is 307 g/mol. The summed E-state index contributed by atoms with van der Waals surface area (Å²) in [5.74, 6) is -0.101. The lowest BCUT2D eigenvalue weighted by Crippen LogP contribution is -2.49. The molecule has 2 atom stereocenters. The van der Waals surface area contributed by atoms with Crippen LogP contribution in [0.4, 0.5) is 0 Å². The molecule has 21 heavy (non-hydrogen) atoms. The molecule has 1 fully saturated rings. The fraction of sp³-hybridized carbons (Fsp3) is 0.588. The number of aryl methyl sites for hydroxylation is 2.